The fourth-order valence-electron chi connectivity index (χ4n) is 2.51. The molecule has 0 amide bonds. The molecule has 1 aliphatic rings. The minimum Gasteiger partial charge on any atom is -0.496 e. The predicted molar refractivity (Wildman–Crippen MR) is 75.3 cm³/mol. The number of carbonyl (C=O) groups is 1. The van der Waals surface area contributed by atoms with Gasteiger partial charge >= 0.3 is 0 Å². The van der Waals surface area contributed by atoms with E-state index >= 15 is 0 Å². The molecule has 6 heteroatoms. The van der Waals surface area contributed by atoms with Crippen LogP contribution in [0.3, 0.4) is 0 Å². The van der Waals surface area contributed by atoms with E-state index in [4.69, 9.17) is 4.74 Å². The topological polar surface area (TPSA) is 63.7 Å². The van der Waals surface area contributed by atoms with Crippen LogP contribution in [0.1, 0.15) is 24.8 Å². The molecule has 1 atom stereocenters. The van der Waals surface area contributed by atoms with Crippen molar-refractivity contribution < 1.29 is 17.9 Å². The molecule has 1 aromatic carbocycles. The number of carbonyl (C=O) groups excluding carboxylic acids is 1. The average Bonchev–Trinajstić information content (AvgIpc) is 2.47. The number of aldehydes is 1. The highest BCUT2D eigenvalue weighted by molar-refractivity contribution is 7.89. The summed E-state index contributed by atoms with van der Waals surface area (Å²) in [6.45, 7) is 2.20. The number of benzene rings is 1. The molecule has 2 rings (SSSR count). The smallest absolute Gasteiger partial charge is 0.243 e. The summed E-state index contributed by atoms with van der Waals surface area (Å²) in [7, 11) is -2.08. The van der Waals surface area contributed by atoms with Crippen LogP contribution in [-0.2, 0) is 14.8 Å². The summed E-state index contributed by atoms with van der Waals surface area (Å²) in [6, 6.07) is 4.21. The van der Waals surface area contributed by atoms with Gasteiger partial charge < -0.3 is 9.53 Å². The fourth-order valence-corrected chi connectivity index (χ4v) is 4.23. The molecule has 20 heavy (non-hydrogen) atoms. The Bertz CT molecular complexity index is 597. The predicted octanol–water partition coefficient (Wildman–Crippen LogP) is 1.75. The quantitative estimate of drug-likeness (QED) is 0.794. The van der Waals surface area contributed by atoms with Crippen molar-refractivity contribution in [2.24, 2.45) is 0 Å². The Balaban J connectivity index is 2.38. The molecule has 1 aliphatic heterocycles. The summed E-state index contributed by atoms with van der Waals surface area (Å²) in [5, 5.41) is 0. The van der Waals surface area contributed by atoms with Gasteiger partial charge in [-0.05, 0) is 43.5 Å². The maximum absolute atomic E-state index is 12.6. The number of rotatable bonds is 4. The first-order valence-electron chi connectivity index (χ1n) is 6.62. The maximum atomic E-state index is 12.6. The minimum absolute atomic E-state index is 0.213. The van der Waals surface area contributed by atoms with Crippen molar-refractivity contribution in [2.45, 2.75) is 37.1 Å². The molecule has 1 saturated heterocycles. The molecule has 0 N–H and O–H groups in total. The molecule has 0 radical (unpaired) electrons. The van der Waals surface area contributed by atoms with E-state index < -0.39 is 16.1 Å². The average molecular weight is 297 g/mol. The van der Waals surface area contributed by atoms with Crippen LogP contribution in [0.4, 0.5) is 0 Å². The van der Waals surface area contributed by atoms with Crippen LogP contribution < -0.4 is 4.74 Å². The Morgan fingerprint density at radius 1 is 1.35 bits per heavy atom. The van der Waals surface area contributed by atoms with Crippen molar-refractivity contribution in [1.29, 1.82) is 0 Å². The Morgan fingerprint density at radius 3 is 2.70 bits per heavy atom. The Labute approximate surface area is 119 Å². The van der Waals surface area contributed by atoms with Crippen molar-refractivity contribution in [3.05, 3.63) is 23.8 Å². The third-order valence-corrected chi connectivity index (χ3v) is 5.55. The van der Waals surface area contributed by atoms with Gasteiger partial charge in [-0.1, -0.05) is 6.42 Å². The van der Waals surface area contributed by atoms with E-state index in [0.29, 0.717) is 18.7 Å². The number of hydrogen-bond acceptors (Lipinski definition) is 4. The number of nitrogens with zero attached hydrogens (tertiary/aromatic N) is 1. The number of piperidine rings is 1. The SMILES string of the molecule is COc1ccc(S(=O)(=O)N2CCCCC2C=O)cc1C. The van der Waals surface area contributed by atoms with Crippen LogP contribution in [0.25, 0.3) is 0 Å². The van der Waals surface area contributed by atoms with Crippen LogP contribution in [0, 0.1) is 6.92 Å². The van der Waals surface area contributed by atoms with Crippen molar-refractivity contribution >= 4 is 16.3 Å². The summed E-state index contributed by atoms with van der Waals surface area (Å²) < 4.78 is 31.7. The monoisotopic (exact) mass is 297 g/mol. The molecule has 1 unspecified atom stereocenters. The van der Waals surface area contributed by atoms with Gasteiger partial charge in [0.05, 0.1) is 18.0 Å². The summed E-state index contributed by atoms with van der Waals surface area (Å²) in [4.78, 5) is 11.3. The van der Waals surface area contributed by atoms with Crippen LogP contribution >= 0.6 is 0 Å². The second kappa shape index (κ2) is 5.93. The summed E-state index contributed by atoms with van der Waals surface area (Å²) in [5.74, 6) is 0.648. The Kier molecular flexibility index (Phi) is 4.45. The van der Waals surface area contributed by atoms with Crippen molar-refractivity contribution in [2.75, 3.05) is 13.7 Å². The molecule has 5 nitrogen and oxygen atoms in total. The molecule has 0 aromatic heterocycles. The molecule has 110 valence electrons. The van der Waals surface area contributed by atoms with Gasteiger partial charge in [0.25, 0.3) is 0 Å². The lowest BCUT2D eigenvalue weighted by molar-refractivity contribution is -0.111. The standard InChI is InChI=1S/C14H19NO4S/c1-11-9-13(6-7-14(11)19-2)20(17,18)15-8-4-3-5-12(15)10-16/h6-7,9-10,12H,3-5,8H2,1-2H3. The normalized spacial score (nSPS) is 20.6. The van der Waals surface area contributed by atoms with E-state index in [2.05, 4.69) is 0 Å². The Morgan fingerprint density at radius 2 is 2.10 bits per heavy atom. The summed E-state index contributed by atoms with van der Waals surface area (Å²) >= 11 is 0. The van der Waals surface area contributed by atoms with Crippen molar-refractivity contribution in [1.82, 2.24) is 4.31 Å². The van der Waals surface area contributed by atoms with Gasteiger partial charge in [0.15, 0.2) is 0 Å². The molecule has 0 aliphatic carbocycles. The zero-order valence-electron chi connectivity index (χ0n) is 11.7. The third-order valence-electron chi connectivity index (χ3n) is 3.63. The van der Waals surface area contributed by atoms with E-state index in [1.54, 1.807) is 26.2 Å². The van der Waals surface area contributed by atoms with E-state index in [9.17, 15) is 13.2 Å². The highest BCUT2D eigenvalue weighted by Crippen LogP contribution is 2.27. The van der Waals surface area contributed by atoms with Gasteiger partial charge in [0.1, 0.15) is 12.0 Å². The van der Waals surface area contributed by atoms with Crippen LogP contribution in [0.5, 0.6) is 5.75 Å². The van der Waals surface area contributed by atoms with Crippen LogP contribution in [0.15, 0.2) is 23.1 Å². The summed E-state index contributed by atoms with van der Waals surface area (Å²) in [5.41, 5.74) is 0.758. The zero-order valence-corrected chi connectivity index (χ0v) is 12.5. The number of hydrogen-bond donors (Lipinski definition) is 0. The molecule has 0 bridgehead atoms. The highest BCUT2D eigenvalue weighted by atomic mass is 32.2. The van der Waals surface area contributed by atoms with Gasteiger partial charge in [-0.15, -0.1) is 0 Å². The fraction of sp³-hybridized carbons (Fsp3) is 0.500. The molecule has 1 heterocycles. The lowest BCUT2D eigenvalue weighted by atomic mass is 10.1. The number of aryl methyl sites for hydroxylation is 1. The summed E-state index contributed by atoms with van der Waals surface area (Å²) in [6.07, 6.45) is 3.00. The second-order valence-corrected chi connectivity index (χ2v) is 6.84. The lowest BCUT2D eigenvalue weighted by Gasteiger charge is -2.31. The lowest BCUT2D eigenvalue weighted by Crippen LogP contribution is -2.44. The van der Waals surface area contributed by atoms with Gasteiger partial charge in [0.2, 0.25) is 10.0 Å². The van der Waals surface area contributed by atoms with E-state index in [1.165, 1.54) is 10.4 Å². The Hall–Kier alpha value is -1.40. The first-order valence-corrected chi connectivity index (χ1v) is 8.06. The first-order chi connectivity index (χ1) is 9.50. The molecule has 0 spiro atoms. The zero-order chi connectivity index (χ0) is 14.8. The van der Waals surface area contributed by atoms with E-state index in [0.717, 1.165) is 24.7 Å². The minimum atomic E-state index is -3.62. The second-order valence-electron chi connectivity index (χ2n) is 4.95. The third kappa shape index (κ3) is 2.71. The van der Waals surface area contributed by atoms with Crippen LogP contribution in [-0.4, -0.2) is 38.7 Å². The molecule has 1 aromatic rings. The van der Waals surface area contributed by atoms with Gasteiger partial charge in [-0.25, -0.2) is 8.42 Å². The highest BCUT2D eigenvalue weighted by Gasteiger charge is 2.33. The van der Waals surface area contributed by atoms with Gasteiger partial charge in [0, 0.05) is 6.54 Å². The number of methoxy groups -OCH3 is 1. The molecular weight excluding hydrogens is 278 g/mol. The number of ether oxygens (including phenoxy) is 1. The van der Waals surface area contributed by atoms with Crippen molar-refractivity contribution in [3.8, 4) is 5.75 Å². The molecular formula is C14H19NO4S. The number of sulfonamides is 1. The van der Waals surface area contributed by atoms with E-state index in [-0.39, 0.29) is 4.90 Å². The van der Waals surface area contributed by atoms with Crippen LogP contribution in [0.2, 0.25) is 0 Å². The van der Waals surface area contributed by atoms with E-state index in [1.807, 2.05) is 0 Å². The first kappa shape index (κ1) is 15.0. The van der Waals surface area contributed by atoms with Crippen molar-refractivity contribution in [3.63, 3.8) is 0 Å². The van der Waals surface area contributed by atoms with Gasteiger partial charge in [-0.3, -0.25) is 0 Å². The van der Waals surface area contributed by atoms with Gasteiger partial charge in [-0.2, -0.15) is 4.31 Å². The molecule has 1 fully saturated rings. The molecule has 0 saturated carbocycles. The largest absolute Gasteiger partial charge is 0.496 e. The maximum Gasteiger partial charge on any atom is 0.243 e.